The standard InChI is InChI=1S/C12H14O4/c1-8-5-10-11(16-4-3-15-10)6-9(8)7-12(13)14-2/h5-6H,3-4,7H2,1-2H3. The summed E-state index contributed by atoms with van der Waals surface area (Å²) in [5.41, 5.74) is 1.92. The van der Waals surface area contributed by atoms with Crippen LogP contribution in [0.15, 0.2) is 12.1 Å². The van der Waals surface area contributed by atoms with Gasteiger partial charge < -0.3 is 14.2 Å². The van der Waals surface area contributed by atoms with Crippen LogP contribution in [-0.4, -0.2) is 26.3 Å². The molecule has 0 fully saturated rings. The van der Waals surface area contributed by atoms with Crippen LogP contribution < -0.4 is 9.47 Å². The van der Waals surface area contributed by atoms with E-state index in [1.54, 1.807) is 0 Å². The number of methoxy groups -OCH3 is 1. The minimum absolute atomic E-state index is 0.250. The number of ether oxygens (including phenoxy) is 3. The van der Waals surface area contributed by atoms with E-state index in [1.165, 1.54) is 7.11 Å². The van der Waals surface area contributed by atoms with Gasteiger partial charge in [-0.1, -0.05) is 0 Å². The second-order valence-electron chi connectivity index (χ2n) is 3.68. The summed E-state index contributed by atoms with van der Waals surface area (Å²) in [7, 11) is 1.38. The Morgan fingerprint density at radius 1 is 1.31 bits per heavy atom. The second kappa shape index (κ2) is 4.43. The number of aryl methyl sites for hydroxylation is 1. The summed E-state index contributed by atoms with van der Waals surface area (Å²) in [5, 5.41) is 0. The van der Waals surface area contributed by atoms with Crippen LogP contribution in [0.5, 0.6) is 11.5 Å². The third-order valence-electron chi connectivity index (χ3n) is 2.56. The molecule has 1 aliphatic rings. The summed E-state index contributed by atoms with van der Waals surface area (Å²) < 4.78 is 15.5. The highest BCUT2D eigenvalue weighted by Crippen LogP contribution is 2.33. The maximum atomic E-state index is 11.2. The van der Waals surface area contributed by atoms with E-state index in [0.29, 0.717) is 19.0 Å². The van der Waals surface area contributed by atoms with Gasteiger partial charge in [0.05, 0.1) is 13.5 Å². The largest absolute Gasteiger partial charge is 0.486 e. The Balaban J connectivity index is 2.28. The van der Waals surface area contributed by atoms with Crippen LogP contribution in [-0.2, 0) is 16.0 Å². The normalized spacial score (nSPS) is 13.4. The molecule has 0 bridgehead atoms. The van der Waals surface area contributed by atoms with E-state index in [0.717, 1.165) is 16.9 Å². The molecule has 2 rings (SSSR count). The fourth-order valence-corrected chi connectivity index (χ4v) is 1.65. The van der Waals surface area contributed by atoms with Gasteiger partial charge in [-0.25, -0.2) is 0 Å². The van der Waals surface area contributed by atoms with E-state index < -0.39 is 0 Å². The predicted molar refractivity (Wildman–Crippen MR) is 57.9 cm³/mol. The average molecular weight is 222 g/mol. The molecule has 1 aromatic carbocycles. The monoisotopic (exact) mass is 222 g/mol. The van der Waals surface area contributed by atoms with Crippen LogP contribution in [0, 0.1) is 6.92 Å². The van der Waals surface area contributed by atoms with Crippen molar-refractivity contribution in [3.63, 3.8) is 0 Å². The summed E-state index contributed by atoms with van der Waals surface area (Å²) in [5.74, 6) is 1.20. The summed E-state index contributed by atoms with van der Waals surface area (Å²) in [6.07, 6.45) is 0.263. The summed E-state index contributed by atoms with van der Waals surface area (Å²) in [6.45, 7) is 3.06. The van der Waals surface area contributed by atoms with Crippen LogP contribution in [0.1, 0.15) is 11.1 Å². The first kappa shape index (κ1) is 10.8. The van der Waals surface area contributed by atoms with Crippen molar-refractivity contribution in [2.75, 3.05) is 20.3 Å². The molecule has 0 radical (unpaired) electrons. The summed E-state index contributed by atoms with van der Waals surface area (Å²) in [6, 6.07) is 3.74. The Labute approximate surface area is 94.1 Å². The zero-order valence-electron chi connectivity index (χ0n) is 9.41. The molecule has 0 atom stereocenters. The Kier molecular flexibility index (Phi) is 2.99. The van der Waals surface area contributed by atoms with Crippen molar-refractivity contribution in [1.82, 2.24) is 0 Å². The van der Waals surface area contributed by atoms with Crippen molar-refractivity contribution in [3.05, 3.63) is 23.3 Å². The van der Waals surface area contributed by atoms with Gasteiger partial charge in [0.25, 0.3) is 0 Å². The van der Waals surface area contributed by atoms with Gasteiger partial charge >= 0.3 is 5.97 Å². The average Bonchev–Trinajstić information content (AvgIpc) is 2.30. The molecule has 16 heavy (non-hydrogen) atoms. The summed E-state index contributed by atoms with van der Waals surface area (Å²) in [4.78, 5) is 11.2. The number of carbonyl (C=O) groups excluding carboxylic acids is 1. The van der Waals surface area contributed by atoms with E-state index in [9.17, 15) is 4.79 Å². The van der Waals surface area contributed by atoms with Gasteiger partial charge in [0.15, 0.2) is 11.5 Å². The lowest BCUT2D eigenvalue weighted by Crippen LogP contribution is -2.16. The number of benzene rings is 1. The number of fused-ring (bicyclic) bond motifs is 1. The molecule has 0 saturated heterocycles. The molecule has 4 nitrogen and oxygen atoms in total. The Morgan fingerprint density at radius 2 is 1.94 bits per heavy atom. The van der Waals surface area contributed by atoms with Crippen LogP contribution in [0.25, 0.3) is 0 Å². The van der Waals surface area contributed by atoms with Crippen LogP contribution >= 0.6 is 0 Å². The van der Waals surface area contributed by atoms with Gasteiger partial charge in [-0.2, -0.15) is 0 Å². The molecule has 0 amide bonds. The SMILES string of the molecule is COC(=O)Cc1cc2c(cc1C)OCCO2. The molecule has 0 spiro atoms. The minimum Gasteiger partial charge on any atom is -0.486 e. The molecule has 86 valence electrons. The smallest absolute Gasteiger partial charge is 0.309 e. The predicted octanol–water partition coefficient (Wildman–Crippen LogP) is 1.48. The van der Waals surface area contributed by atoms with Crippen LogP contribution in [0.2, 0.25) is 0 Å². The molecule has 1 aromatic rings. The molecule has 1 heterocycles. The van der Waals surface area contributed by atoms with Crippen molar-refractivity contribution in [1.29, 1.82) is 0 Å². The number of carbonyl (C=O) groups is 1. The van der Waals surface area contributed by atoms with E-state index in [2.05, 4.69) is 4.74 Å². The van der Waals surface area contributed by atoms with Crippen molar-refractivity contribution in [2.45, 2.75) is 13.3 Å². The highest BCUT2D eigenvalue weighted by Gasteiger charge is 2.15. The maximum Gasteiger partial charge on any atom is 0.309 e. The lowest BCUT2D eigenvalue weighted by molar-refractivity contribution is -0.139. The first-order valence-electron chi connectivity index (χ1n) is 5.16. The molecule has 1 aliphatic heterocycles. The summed E-state index contributed by atoms with van der Waals surface area (Å²) >= 11 is 0. The van der Waals surface area contributed by atoms with Gasteiger partial charge in [-0.3, -0.25) is 4.79 Å². The highest BCUT2D eigenvalue weighted by atomic mass is 16.6. The van der Waals surface area contributed by atoms with Crippen molar-refractivity contribution >= 4 is 5.97 Å². The number of esters is 1. The minimum atomic E-state index is -0.250. The van der Waals surface area contributed by atoms with Crippen molar-refractivity contribution in [3.8, 4) is 11.5 Å². The third-order valence-corrected chi connectivity index (χ3v) is 2.56. The zero-order chi connectivity index (χ0) is 11.5. The van der Waals surface area contributed by atoms with E-state index in [4.69, 9.17) is 9.47 Å². The number of hydrogen-bond acceptors (Lipinski definition) is 4. The van der Waals surface area contributed by atoms with E-state index >= 15 is 0 Å². The first-order valence-corrected chi connectivity index (χ1v) is 5.16. The molecule has 0 unspecified atom stereocenters. The van der Waals surface area contributed by atoms with Gasteiger partial charge in [-0.05, 0) is 30.2 Å². The third kappa shape index (κ3) is 2.10. The number of hydrogen-bond donors (Lipinski definition) is 0. The molecular weight excluding hydrogens is 208 g/mol. The quantitative estimate of drug-likeness (QED) is 0.711. The van der Waals surface area contributed by atoms with Gasteiger partial charge in [0.2, 0.25) is 0 Å². The van der Waals surface area contributed by atoms with Crippen molar-refractivity contribution in [2.24, 2.45) is 0 Å². The van der Waals surface area contributed by atoms with E-state index in [-0.39, 0.29) is 12.4 Å². The Morgan fingerprint density at radius 3 is 2.56 bits per heavy atom. The van der Waals surface area contributed by atoms with Crippen LogP contribution in [0.3, 0.4) is 0 Å². The maximum absolute atomic E-state index is 11.2. The fraction of sp³-hybridized carbons (Fsp3) is 0.417. The molecule has 0 N–H and O–H groups in total. The molecule has 0 aliphatic carbocycles. The highest BCUT2D eigenvalue weighted by molar-refractivity contribution is 5.73. The number of rotatable bonds is 2. The Bertz CT molecular complexity index is 412. The fourth-order valence-electron chi connectivity index (χ4n) is 1.65. The molecule has 0 saturated carbocycles. The van der Waals surface area contributed by atoms with E-state index in [1.807, 2.05) is 19.1 Å². The Hall–Kier alpha value is -1.71. The van der Waals surface area contributed by atoms with Gasteiger partial charge in [0.1, 0.15) is 13.2 Å². The lowest BCUT2D eigenvalue weighted by atomic mass is 10.0. The van der Waals surface area contributed by atoms with Crippen LogP contribution in [0.4, 0.5) is 0 Å². The second-order valence-corrected chi connectivity index (χ2v) is 3.68. The van der Waals surface area contributed by atoms with Gasteiger partial charge in [-0.15, -0.1) is 0 Å². The zero-order valence-corrected chi connectivity index (χ0v) is 9.41. The topological polar surface area (TPSA) is 44.8 Å². The van der Waals surface area contributed by atoms with Gasteiger partial charge in [0, 0.05) is 0 Å². The van der Waals surface area contributed by atoms with Crippen molar-refractivity contribution < 1.29 is 19.0 Å². The molecule has 4 heteroatoms. The first-order chi connectivity index (χ1) is 7.70. The molecule has 0 aromatic heterocycles. The molecular formula is C12H14O4. The lowest BCUT2D eigenvalue weighted by Gasteiger charge is -2.20.